The van der Waals surface area contributed by atoms with Crippen LogP contribution >= 0.6 is 15.9 Å². The summed E-state index contributed by atoms with van der Waals surface area (Å²) >= 11 is 3.55. The number of hydrogen-bond acceptors (Lipinski definition) is 3. The molecule has 1 heterocycles. The van der Waals surface area contributed by atoms with E-state index in [1.54, 1.807) is 0 Å². The Balaban J connectivity index is 2.49. The van der Waals surface area contributed by atoms with Gasteiger partial charge in [0.1, 0.15) is 13.2 Å². The van der Waals surface area contributed by atoms with Crippen molar-refractivity contribution in [1.82, 2.24) is 5.32 Å². The summed E-state index contributed by atoms with van der Waals surface area (Å²) in [5.41, 5.74) is 2.37. The third-order valence-electron chi connectivity index (χ3n) is 2.50. The molecule has 0 atom stereocenters. The molecule has 15 heavy (non-hydrogen) atoms. The van der Waals surface area contributed by atoms with Crippen LogP contribution in [0.1, 0.15) is 11.1 Å². The van der Waals surface area contributed by atoms with Crippen LogP contribution in [0.2, 0.25) is 0 Å². The van der Waals surface area contributed by atoms with Crippen LogP contribution in [0.15, 0.2) is 10.5 Å². The van der Waals surface area contributed by atoms with Crippen molar-refractivity contribution >= 4 is 15.9 Å². The maximum Gasteiger partial charge on any atom is 0.164 e. The normalized spacial score (nSPS) is 14.1. The van der Waals surface area contributed by atoms with E-state index in [-0.39, 0.29) is 0 Å². The molecule has 0 aliphatic carbocycles. The molecule has 0 aromatic heterocycles. The van der Waals surface area contributed by atoms with Gasteiger partial charge in [-0.2, -0.15) is 0 Å². The zero-order valence-corrected chi connectivity index (χ0v) is 10.5. The molecule has 1 aromatic rings. The SMILES string of the molecule is CNCc1c(Br)cc2c(c1C)OCCO2. The van der Waals surface area contributed by atoms with Gasteiger partial charge in [-0.05, 0) is 25.6 Å². The molecule has 82 valence electrons. The molecular weight excluding hydrogens is 258 g/mol. The van der Waals surface area contributed by atoms with Crippen molar-refractivity contribution in [2.45, 2.75) is 13.5 Å². The Kier molecular flexibility index (Phi) is 3.17. The smallest absolute Gasteiger partial charge is 0.164 e. The fourth-order valence-electron chi connectivity index (χ4n) is 1.74. The summed E-state index contributed by atoms with van der Waals surface area (Å²) in [6, 6.07) is 1.98. The van der Waals surface area contributed by atoms with E-state index in [2.05, 4.69) is 28.2 Å². The molecule has 0 amide bonds. The van der Waals surface area contributed by atoms with Gasteiger partial charge in [0, 0.05) is 16.6 Å². The van der Waals surface area contributed by atoms with Gasteiger partial charge in [-0.3, -0.25) is 0 Å². The lowest BCUT2D eigenvalue weighted by atomic mass is 10.1. The molecule has 2 rings (SSSR count). The highest BCUT2D eigenvalue weighted by Crippen LogP contribution is 2.39. The molecular formula is C11H14BrNO2. The maximum absolute atomic E-state index is 5.62. The van der Waals surface area contributed by atoms with Crippen LogP contribution in [-0.2, 0) is 6.54 Å². The molecule has 0 bridgehead atoms. The van der Waals surface area contributed by atoms with Gasteiger partial charge in [-0.25, -0.2) is 0 Å². The minimum absolute atomic E-state index is 0.629. The van der Waals surface area contributed by atoms with Gasteiger partial charge in [0.25, 0.3) is 0 Å². The first-order valence-corrected chi connectivity index (χ1v) is 5.75. The number of rotatable bonds is 2. The molecule has 0 unspecified atom stereocenters. The molecule has 1 aliphatic rings. The van der Waals surface area contributed by atoms with Crippen molar-refractivity contribution in [3.05, 3.63) is 21.7 Å². The summed E-state index contributed by atoms with van der Waals surface area (Å²) < 4.78 is 12.2. The topological polar surface area (TPSA) is 30.5 Å². The van der Waals surface area contributed by atoms with Gasteiger partial charge in [0.05, 0.1) is 0 Å². The van der Waals surface area contributed by atoms with Gasteiger partial charge >= 0.3 is 0 Å². The highest BCUT2D eigenvalue weighted by molar-refractivity contribution is 9.10. The number of benzene rings is 1. The van der Waals surface area contributed by atoms with Crippen LogP contribution in [0.5, 0.6) is 11.5 Å². The Labute approximate surface area is 97.9 Å². The van der Waals surface area contributed by atoms with Crippen molar-refractivity contribution in [1.29, 1.82) is 0 Å². The summed E-state index contributed by atoms with van der Waals surface area (Å²) in [4.78, 5) is 0. The summed E-state index contributed by atoms with van der Waals surface area (Å²) in [6.45, 7) is 4.15. The zero-order chi connectivity index (χ0) is 10.8. The minimum Gasteiger partial charge on any atom is -0.486 e. The van der Waals surface area contributed by atoms with Gasteiger partial charge in [0.2, 0.25) is 0 Å². The van der Waals surface area contributed by atoms with Gasteiger partial charge < -0.3 is 14.8 Å². The summed E-state index contributed by atoms with van der Waals surface area (Å²) in [7, 11) is 1.93. The highest BCUT2D eigenvalue weighted by Gasteiger charge is 2.18. The van der Waals surface area contributed by atoms with E-state index < -0.39 is 0 Å². The van der Waals surface area contributed by atoms with Gasteiger partial charge in [-0.1, -0.05) is 15.9 Å². The van der Waals surface area contributed by atoms with Crippen LogP contribution < -0.4 is 14.8 Å². The lowest BCUT2D eigenvalue weighted by Crippen LogP contribution is -2.18. The largest absolute Gasteiger partial charge is 0.486 e. The van der Waals surface area contributed by atoms with E-state index in [1.807, 2.05) is 13.1 Å². The van der Waals surface area contributed by atoms with E-state index >= 15 is 0 Å². The number of nitrogens with one attached hydrogen (secondary N) is 1. The van der Waals surface area contributed by atoms with Crippen molar-refractivity contribution in [2.75, 3.05) is 20.3 Å². The summed E-state index contributed by atoms with van der Waals surface area (Å²) in [5.74, 6) is 1.72. The van der Waals surface area contributed by atoms with Crippen molar-refractivity contribution < 1.29 is 9.47 Å². The molecule has 1 aliphatic heterocycles. The quantitative estimate of drug-likeness (QED) is 0.895. The molecule has 0 radical (unpaired) electrons. The molecule has 0 fully saturated rings. The Hall–Kier alpha value is -0.740. The molecule has 0 saturated heterocycles. The zero-order valence-electron chi connectivity index (χ0n) is 8.89. The van der Waals surface area contributed by atoms with Crippen LogP contribution in [0, 0.1) is 6.92 Å². The first kappa shape index (κ1) is 10.8. The fourth-order valence-corrected chi connectivity index (χ4v) is 2.39. The molecule has 4 heteroatoms. The summed E-state index contributed by atoms with van der Waals surface area (Å²) in [6.07, 6.45) is 0. The van der Waals surface area contributed by atoms with Crippen LogP contribution in [0.25, 0.3) is 0 Å². The molecule has 3 nitrogen and oxygen atoms in total. The highest BCUT2D eigenvalue weighted by atomic mass is 79.9. The second kappa shape index (κ2) is 4.41. The van der Waals surface area contributed by atoms with Gasteiger partial charge in [0.15, 0.2) is 11.5 Å². The predicted octanol–water partition coefficient (Wildman–Crippen LogP) is 2.25. The lowest BCUT2D eigenvalue weighted by molar-refractivity contribution is 0.170. The van der Waals surface area contributed by atoms with Gasteiger partial charge in [-0.15, -0.1) is 0 Å². The third kappa shape index (κ3) is 1.96. The average molecular weight is 272 g/mol. The van der Waals surface area contributed by atoms with E-state index in [0.29, 0.717) is 13.2 Å². The van der Waals surface area contributed by atoms with E-state index in [4.69, 9.17) is 9.47 Å². The fraction of sp³-hybridized carbons (Fsp3) is 0.455. The summed E-state index contributed by atoms with van der Waals surface area (Å²) in [5, 5.41) is 3.15. The lowest BCUT2D eigenvalue weighted by Gasteiger charge is -2.22. The second-order valence-corrected chi connectivity index (χ2v) is 4.37. The molecule has 0 spiro atoms. The number of hydrogen-bond donors (Lipinski definition) is 1. The Morgan fingerprint density at radius 1 is 1.40 bits per heavy atom. The average Bonchev–Trinajstić information content (AvgIpc) is 2.24. The Morgan fingerprint density at radius 2 is 2.13 bits per heavy atom. The Bertz CT molecular complexity index is 379. The first-order valence-electron chi connectivity index (χ1n) is 4.96. The van der Waals surface area contributed by atoms with Crippen molar-refractivity contribution in [3.8, 4) is 11.5 Å². The number of fused-ring (bicyclic) bond motifs is 1. The molecule has 1 aromatic carbocycles. The van der Waals surface area contributed by atoms with Crippen LogP contribution in [-0.4, -0.2) is 20.3 Å². The van der Waals surface area contributed by atoms with Crippen LogP contribution in [0.3, 0.4) is 0 Å². The minimum atomic E-state index is 0.629. The second-order valence-electron chi connectivity index (χ2n) is 3.52. The standard InChI is InChI=1S/C11H14BrNO2/c1-7-8(6-13-2)9(12)5-10-11(7)15-4-3-14-10/h5,13H,3-4,6H2,1-2H3. The van der Waals surface area contributed by atoms with E-state index in [9.17, 15) is 0 Å². The number of halogens is 1. The number of ether oxygens (including phenoxy) is 2. The monoisotopic (exact) mass is 271 g/mol. The first-order chi connectivity index (χ1) is 7.24. The van der Waals surface area contributed by atoms with Crippen molar-refractivity contribution in [2.24, 2.45) is 0 Å². The van der Waals surface area contributed by atoms with E-state index in [0.717, 1.165) is 28.1 Å². The molecule has 1 N–H and O–H groups in total. The van der Waals surface area contributed by atoms with E-state index in [1.165, 1.54) is 5.56 Å². The van der Waals surface area contributed by atoms with Crippen molar-refractivity contribution in [3.63, 3.8) is 0 Å². The van der Waals surface area contributed by atoms with Crippen LogP contribution in [0.4, 0.5) is 0 Å². The maximum atomic E-state index is 5.62. The Morgan fingerprint density at radius 3 is 2.87 bits per heavy atom. The third-order valence-corrected chi connectivity index (χ3v) is 3.21. The molecule has 0 saturated carbocycles. The predicted molar refractivity (Wildman–Crippen MR) is 62.6 cm³/mol.